The first kappa shape index (κ1) is 29.4. The first-order chi connectivity index (χ1) is 19.9. The van der Waals surface area contributed by atoms with Crippen molar-refractivity contribution in [1.29, 1.82) is 0 Å². The molecule has 3 aromatic rings. The number of carbonyl (C=O) groups is 2. The van der Waals surface area contributed by atoms with Gasteiger partial charge in [0.1, 0.15) is 11.4 Å². The molecule has 2 atom stereocenters. The SMILES string of the molecule is NC(=O)c1nn(-c2ccc(N3CCNCC3CC3CCNCC3(F)F)cc2)cc1NC(=O)c1cccc(C(F)(F)F)n1. The quantitative estimate of drug-likeness (QED) is 0.311. The van der Waals surface area contributed by atoms with Crippen molar-refractivity contribution in [2.45, 2.75) is 31.0 Å². The Labute approximate surface area is 237 Å². The Hall–Kier alpha value is -4.11. The molecule has 10 nitrogen and oxygen atoms in total. The molecule has 2 amide bonds. The number of amides is 2. The van der Waals surface area contributed by atoms with Crippen LogP contribution in [-0.2, 0) is 6.18 Å². The zero-order valence-electron chi connectivity index (χ0n) is 22.3. The second-order valence-electron chi connectivity index (χ2n) is 10.3. The van der Waals surface area contributed by atoms with E-state index in [0.717, 1.165) is 23.9 Å². The number of anilines is 2. The van der Waals surface area contributed by atoms with Crippen molar-refractivity contribution in [3.05, 3.63) is 65.7 Å². The number of benzene rings is 1. The van der Waals surface area contributed by atoms with E-state index in [-0.39, 0.29) is 24.0 Å². The van der Waals surface area contributed by atoms with E-state index in [1.54, 1.807) is 12.1 Å². The second-order valence-corrected chi connectivity index (χ2v) is 10.3. The number of halogens is 5. The van der Waals surface area contributed by atoms with Gasteiger partial charge in [-0.15, -0.1) is 0 Å². The van der Waals surface area contributed by atoms with Crippen molar-refractivity contribution in [1.82, 2.24) is 25.4 Å². The van der Waals surface area contributed by atoms with Crippen molar-refractivity contribution in [3.8, 4) is 5.69 Å². The third kappa shape index (κ3) is 6.36. The zero-order valence-corrected chi connectivity index (χ0v) is 22.3. The highest BCUT2D eigenvalue weighted by Gasteiger charge is 2.43. The van der Waals surface area contributed by atoms with Gasteiger partial charge in [-0.1, -0.05) is 6.07 Å². The van der Waals surface area contributed by atoms with Gasteiger partial charge in [0, 0.05) is 37.3 Å². The van der Waals surface area contributed by atoms with Crippen LogP contribution in [0.25, 0.3) is 5.69 Å². The minimum atomic E-state index is -4.74. The number of nitrogens with zero attached hydrogens (tertiary/aromatic N) is 4. The number of carbonyl (C=O) groups excluding carboxylic acids is 2. The molecule has 2 unspecified atom stereocenters. The molecule has 0 aliphatic carbocycles. The highest BCUT2D eigenvalue weighted by Crippen LogP contribution is 2.35. The lowest BCUT2D eigenvalue weighted by Crippen LogP contribution is -2.55. The fourth-order valence-corrected chi connectivity index (χ4v) is 5.30. The molecule has 1 aromatic carbocycles. The fourth-order valence-electron chi connectivity index (χ4n) is 5.30. The highest BCUT2D eigenvalue weighted by atomic mass is 19.4. The summed E-state index contributed by atoms with van der Waals surface area (Å²) in [5.41, 5.74) is 4.60. The van der Waals surface area contributed by atoms with Gasteiger partial charge in [-0.05, 0) is 55.8 Å². The third-order valence-electron chi connectivity index (χ3n) is 7.45. The Morgan fingerprint density at radius 1 is 1.07 bits per heavy atom. The minimum absolute atomic E-state index is 0.110. The van der Waals surface area contributed by atoms with Crippen molar-refractivity contribution in [3.63, 3.8) is 0 Å². The highest BCUT2D eigenvalue weighted by molar-refractivity contribution is 6.07. The van der Waals surface area contributed by atoms with Crippen molar-refractivity contribution >= 4 is 23.2 Å². The van der Waals surface area contributed by atoms with E-state index >= 15 is 0 Å². The maximum Gasteiger partial charge on any atom is 0.433 e. The maximum atomic E-state index is 14.5. The summed E-state index contributed by atoms with van der Waals surface area (Å²) >= 11 is 0. The maximum absolute atomic E-state index is 14.5. The summed E-state index contributed by atoms with van der Waals surface area (Å²) in [4.78, 5) is 30.1. The number of pyridine rings is 1. The standard InChI is InChI=1S/C27H29F5N8O2/c28-26(29)15-35-9-8-16(26)12-19-13-34-10-11-39(19)17-4-6-18(7-5-17)40-14-21(23(38-40)24(33)41)37-25(42)20-2-1-3-22(36-20)27(30,31)32/h1-7,14,16,19,34-35H,8-13,15H2,(H2,33,41)(H,37,42). The number of alkyl halides is 5. The Morgan fingerprint density at radius 3 is 2.50 bits per heavy atom. The van der Waals surface area contributed by atoms with Crippen molar-refractivity contribution in [2.75, 3.05) is 42.9 Å². The molecule has 224 valence electrons. The summed E-state index contributed by atoms with van der Waals surface area (Å²) < 4.78 is 69.4. The summed E-state index contributed by atoms with van der Waals surface area (Å²) in [5.74, 6) is -5.44. The van der Waals surface area contributed by atoms with Gasteiger partial charge in [-0.25, -0.2) is 18.4 Å². The van der Waals surface area contributed by atoms with E-state index in [9.17, 15) is 31.5 Å². The summed E-state index contributed by atoms with van der Waals surface area (Å²) in [6.45, 7) is 2.15. The van der Waals surface area contributed by atoms with Crippen LogP contribution in [0.4, 0.5) is 33.3 Å². The van der Waals surface area contributed by atoms with Gasteiger partial charge >= 0.3 is 6.18 Å². The summed E-state index contributed by atoms with van der Waals surface area (Å²) in [5, 5.41) is 12.6. The molecule has 0 radical (unpaired) electrons. The van der Waals surface area contributed by atoms with Crippen molar-refractivity contribution < 1.29 is 31.5 Å². The van der Waals surface area contributed by atoms with Gasteiger partial charge in [-0.2, -0.15) is 18.3 Å². The van der Waals surface area contributed by atoms with E-state index in [1.807, 2.05) is 12.1 Å². The topological polar surface area (TPSA) is 130 Å². The molecule has 4 heterocycles. The van der Waals surface area contributed by atoms with Gasteiger partial charge in [0.2, 0.25) is 0 Å². The van der Waals surface area contributed by atoms with Gasteiger partial charge in [0.25, 0.3) is 17.7 Å². The van der Waals surface area contributed by atoms with Crippen LogP contribution < -0.4 is 26.6 Å². The number of primary amides is 1. The number of hydrogen-bond donors (Lipinski definition) is 4. The molecule has 2 saturated heterocycles. The molecule has 2 aliphatic heterocycles. The minimum Gasteiger partial charge on any atom is -0.366 e. The smallest absolute Gasteiger partial charge is 0.366 e. The van der Waals surface area contributed by atoms with Crippen LogP contribution in [0.2, 0.25) is 0 Å². The molecule has 42 heavy (non-hydrogen) atoms. The Balaban J connectivity index is 1.34. The first-order valence-corrected chi connectivity index (χ1v) is 13.3. The average Bonchev–Trinajstić information content (AvgIpc) is 3.38. The van der Waals surface area contributed by atoms with E-state index < -0.39 is 41.2 Å². The largest absolute Gasteiger partial charge is 0.433 e. The zero-order chi connectivity index (χ0) is 30.1. The summed E-state index contributed by atoms with van der Waals surface area (Å²) in [6.07, 6.45) is -2.68. The van der Waals surface area contributed by atoms with Crippen LogP contribution in [-0.4, -0.2) is 71.3 Å². The van der Waals surface area contributed by atoms with E-state index in [2.05, 4.69) is 30.9 Å². The van der Waals surface area contributed by atoms with Crippen molar-refractivity contribution in [2.24, 2.45) is 11.7 Å². The second kappa shape index (κ2) is 11.6. The number of nitrogens with two attached hydrogens (primary N) is 1. The monoisotopic (exact) mass is 592 g/mol. The molecule has 0 saturated carbocycles. The average molecular weight is 593 g/mol. The van der Waals surface area contributed by atoms with Crippen LogP contribution in [0.15, 0.2) is 48.7 Å². The number of hydrogen-bond acceptors (Lipinski definition) is 7. The lowest BCUT2D eigenvalue weighted by atomic mass is 9.86. The van der Waals surface area contributed by atoms with Gasteiger partial charge in [-0.3, -0.25) is 9.59 Å². The molecule has 0 spiro atoms. The normalized spacial score (nSPS) is 20.7. The Kier molecular flexibility index (Phi) is 8.14. The van der Waals surface area contributed by atoms with E-state index in [4.69, 9.17) is 5.73 Å². The molecule has 5 rings (SSSR count). The predicted molar refractivity (Wildman–Crippen MR) is 144 cm³/mol. The van der Waals surface area contributed by atoms with Crippen LogP contribution in [0.1, 0.15) is 39.5 Å². The molecular weight excluding hydrogens is 563 g/mol. The van der Waals surface area contributed by atoms with Crippen LogP contribution in [0, 0.1) is 5.92 Å². The molecule has 2 aromatic heterocycles. The number of piperazine rings is 1. The Morgan fingerprint density at radius 2 is 1.81 bits per heavy atom. The van der Waals surface area contributed by atoms with Crippen LogP contribution in [0.3, 0.4) is 0 Å². The molecule has 15 heteroatoms. The number of rotatable bonds is 7. The lowest BCUT2D eigenvalue weighted by molar-refractivity contribution is -0.141. The summed E-state index contributed by atoms with van der Waals surface area (Å²) in [6, 6.07) is 9.81. The number of aromatic nitrogens is 3. The molecule has 0 bridgehead atoms. The first-order valence-electron chi connectivity index (χ1n) is 13.3. The van der Waals surface area contributed by atoms with Gasteiger partial charge in [0.05, 0.1) is 24.1 Å². The third-order valence-corrected chi connectivity index (χ3v) is 7.45. The van der Waals surface area contributed by atoms with Gasteiger partial charge < -0.3 is 26.6 Å². The number of nitrogens with one attached hydrogen (secondary N) is 3. The number of piperidine rings is 1. The van der Waals surface area contributed by atoms with E-state index in [0.29, 0.717) is 44.7 Å². The molecular formula is C27H29F5N8O2. The summed E-state index contributed by atoms with van der Waals surface area (Å²) in [7, 11) is 0. The fraction of sp³-hybridized carbons (Fsp3) is 0.407. The molecule has 2 aliphatic rings. The predicted octanol–water partition coefficient (Wildman–Crippen LogP) is 3.05. The van der Waals surface area contributed by atoms with Crippen LogP contribution >= 0.6 is 0 Å². The van der Waals surface area contributed by atoms with Crippen LogP contribution in [0.5, 0.6) is 0 Å². The van der Waals surface area contributed by atoms with Gasteiger partial charge in [0.15, 0.2) is 5.69 Å². The van der Waals surface area contributed by atoms with E-state index in [1.165, 1.54) is 10.9 Å². The lowest BCUT2D eigenvalue weighted by Gasteiger charge is -2.42. The molecule has 2 fully saturated rings. The Bertz CT molecular complexity index is 1440. The molecule has 5 N–H and O–H groups in total.